The molecule has 0 fully saturated rings. The van der Waals surface area contributed by atoms with Crippen molar-refractivity contribution in [2.45, 2.75) is 12.6 Å². The molecule has 0 amide bonds. The van der Waals surface area contributed by atoms with E-state index in [0.717, 1.165) is 28.1 Å². The molecule has 0 unspecified atom stereocenters. The molecule has 2 aromatic heterocycles. The van der Waals surface area contributed by atoms with Gasteiger partial charge in [0.05, 0.1) is 29.2 Å². The standard InChI is InChI=1S/C18H14ClN3OS/c19-13-7-5-12(6-8-13)17(23)9-22-16-4-2-1-3-14(16)21-18(22)15-10-24-11-20-15/h1-8,10-11,17,23H,9H2/t17-/m0/s1. The Morgan fingerprint density at radius 3 is 2.67 bits per heavy atom. The second-order valence-corrected chi connectivity index (χ2v) is 6.63. The van der Waals surface area contributed by atoms with Gasteiger partial charge in [-0.05, 0) is 29.8 Å². The Labute approximate surface area is 148 Å². The third kappa shape index (κ3) is 2.82. The Bertz CT molecular complexity index is 964. The van der Waals surface area contributed by atoms with Gasteiger partial charge in [0.1, 0.15) is 5.69 Å². The van der Waals surface area contributed by atoms with E-state index in [9.17, 15) is 5.11 Å². The summed E-state index contributed by atoms with van der Waals surface area (Å²) in [4.78, 5) is 9.06. The molecular formula is C18H14ClN3OS. The number of hydrogen-bond acceptors (Lipinski definition) is 4. The van der Waals surface area contributed by atoms with Gasteiger partial charge < -0.3 is 9.67 Å². The number of aliphatic hydroxyl groups excluding tert-OH is 1. The van der Waals surface area contributed by atoms with Gasteiger partial charge in [0.25, 0.3) is 0 Å². The fourth-order valence-electron chi connectivity index (χ4n) is 2.74. The van der Waals surface area contributed by atoms with E-state index in [2.05, 4.69) is 4.98 Å². The first-order valence-corrected chi connectivity index (χ1v) is 8.82. The second kappa shape index (κ2) is 6.36. The number of para-hydroxylation sites is 2. The molecule has 120 valence electrons. The van der Waals surface area contributed by atoms with Crippen molar-refractivity contribution >= 4 is 34.0 Å². The van der Waals surface area contributed by atoms with Crippen molar-refractivity contribution in [3.8, 4) is 11.5 Å². The zero-order valence-corrected chi connectivity index (χ0v) is 14.2. The zero-order chi connectivity index (χ0) is 16.5. The number of rotatable bonds is 4. The number of aromatic nitrogens is 3. The molecule has 4 aromatic rings. The molecule has 0 bridgehead atoms. The van der Waals surface area contributed by atoms with E-state index in [4.69, 9.17) is 16.6 Å². The molecule has 2 aromatic carbocycles. The molecule has 0 saturated heterocycles. The summed E-state index contributed by atoms with van der Waals surface area (Å²) in [6.45, 7) is 0.398. The van der Waals surface area contributed by atoms with E-state index in [1.165, 1.54) is 11.3 Å². The van der Waals surface area contributed by atoms with Gasteiger partial charge in [-0.1, -0.05) is 35.9 Å². The van der Waals surface area contributed by atoms with E-state index >= 15 is 0 Å². The number of nitrogens with zero attached hydrogens (tertiary/aromatic N) is 3. The lowest BCUT2D eigenvalue weighted by molar-refractivity contribution is 0.158. The molecule has 4 rings (SSSR count). The van der Waals surface area contributed by atoms with Gasteiger partial charge in [-0.2, -0.15) is 0 Å². The molecule has 0 spiro atoms. The number of imidazole rings is 1. The van der Waals surface area contributed by atoms with Crippen molar-refractivity contribution in [3.05, 3.63) is 70.0 Å². The first-order valence-electron chi connectivity index (χ1n) is 7.50. The fraction of sp³-hybridized carbons (Fsp3) is 0.111. The summed E-state index contributed by atoms with van der Waals surface area (Å²) in [7, 11) is 0. The quantitative estimate of drug-likeness (QED) is 0.584. The maximum Gasteiger partial charge on any atom is 0.160 e. The van der Waals surface area contributed by atoms with Crippen LogP contribution in [-0.2, 0) is 6.54 Å². The van der Waals surface area contributed by atoms with Crippen LogP contribution in [0, 0.1) is 0 Å². The summed E-state index contributed by atoms with van der Waals surface area (Å²) < 4.78 is 2.02. The minimum Gasteiger partial charge on any atom is -0.387 e. The maximum atomic E-state index is 10.7. The normalized spacial score (nSPS) is 12.6. The summed E-state index contributed by atoms with van der Waals surface area (Å²) in [6, 6.07) is 15.2. The predicted octanol–water partition coefficient (Wildman–Crippen LogP) is 4.55. The first kappa shape index (κ1) is 15.3. The van der Waals surface area contributed by atoms with Crippen LogP contribution >= 0.6 is 22.9 Å². The van der Waals surface area contributed by atoms with Crippen LogP contribution in [-0.4, -0.2) is 19.6 Å². The van der Waals surface area contributed by atoms with E-state index in [1.807, 2.05) is 46.3 Å². The van der Waals surface area contributed by atoms with Crippen LogP contribution in [0.2, 0.25) is 5.02 Å². The lowest BCUT2D eigenvalue weighted by Crippen LogP contribution is -2.10. The fourth-order valence-corrected chi connectivity index (χ4v) is 3.40. The number of fused-ring (bicyclic) bond motifs is 1. The monoisotopic (exact) mass is 355 g/mol. The average molecular weight is 356 g/mol. The smallest absolute Gasteiger partial charge is 0.160 e. The topological polar surface area (TPSA) is 50.9 Å². The molecule has 24 heavy (non-hydrogen) atoms. The summed E-state index contributed by atoms with van der Waals surface area (Å²) >= 11 is 7.45. The van der Waals surface area contributed by atoms with Crippen molar-refractivity contribution in [1.82, 2.24) is 14.5 Å². The molecule has 0 aliphatic heterocycles. The summed E-state index contributed by atoms with van der Waals surface area (Å²) in [5.41, 5.74) is 5.30. The molecule has 1 atom stereocenters. The van der Waals surface area contributed by atoms with Crippen LogP contribution < -0.4 is 0 Å². The summed E-state index contributed by atoms with van der Waals surface area (Å²) in [5, 5.41) is 13.3. The van der Waals surface area contributed by atoms with Gasteiger partial charge in [-0.15, -0.1) is 11.3 Å². The molecule has 4 nitrogen and oxygen atoms in total. The molecule has 0 radical (unpaired) electrons. The van der Waals surface area contributed by atoms with Crippen LogP contribution in [0.5, 0.6) is 0 Å². The highest BCUT2D eigenvalue weighted by molar-refractivity contribution is 7.07. The van der Waals surface area contributed by atoms with Gasteiger partial charge in [-0.3, -0.25) is 0 Å². The van der Waals surface area contributed by atoms with Crippen molar-refractivity contribution in [3.63, 3.8) is 0 Å². The summed E-state index contributed by atoms with van der Waals surface area (Å²) in [6.07, 6.45) is -0.655. The summed E-state index contributed by atoms with van der Waals surface area (Å²) in [5.74, 6) is 0.769. The van der Waals surface area contributed by atoms with Gasteiger partial charge in [0.2, 0.25) is 0 Å². The minimum absolute atomic E-state index is 0.398. The van der Waals surface area contributed by atoms with Gasteiger partial charge >= 0.3 is 0 Å². The molecule has 0 aliphatic carbocycles. The molecule has 2 heterocycles. The third-order valence-corrected chi connectivity index (χ3v) is 4.76. The highest BCUT2D eigenvalue weighted by Crippen LogP contribution is 2.27. The largest absolute Gasteiger partial charge is 0.387 e. The second-order valence-electron chi connectivity index (χ2n) is 5.48. The predicted molar refractivity (Wildman–Crippen MR) is 97.3 cm³/mol. The maximum absolute atomic E-state index is 10.7. The number of thiazole rings is 1. The van der Waals surface area contributed by atoms with Gasteiger partial charge in [-0.25, -0.2) is 9.97 Å². The van der Waals surface area contributed by atoms with Crippen LogP contribution in [0.1, 0.15) is 11.7 Å². The lowest BCUT2D eigenvalue weighted by atomic mass is 10.1. The van der Waals surface area contributed by atoms with Gasteiger partial charge in [0.15, 0.2) is 5.82 Å². The molecule has 6 heteroatoms. The van der Waals surface area contributed by atoms with Crippen LogP contribution in [0.25, 0.3) is 22.6 Å². The minimum atomic E-state index is -0.655. The van der Waals surface area contributed by atoms with Crippen molar-refractivity contribution in [2.24, 2.45) is 0 Å². The number of hydrogen-bond donors (Lipinski definition) is 1. The molecular weight excluding hydrogens is 342 g/mol. The van der Waals surface area contributed by atoms with E-state index in [0.29, 0.717) is 11.6 Å². The van der Waals surface area contributed by atoms with E-state index in [-0.39, 0.29) is 0 Å². The Balaban J connectivity index is 1.77. The number of halogens is 1. The Hall–Kier alpha value is -2.21. The van der Waals surface area contributed by atoms with Crippen molar-refractivity contribution in [2.75, 3.05) is 0 Å². The average Bonchev–Trinajstić information content (AvgIpc) is 3.23. The third-order valence-electron chi connectivity index (χ3n) is 3.93. The van der Waals surface area contributed by atoms with Gasteiger partial charge in [0, 0.05) is 10.4 Å². The van der Waals surface area contributed by atoms with Crippen LogP contribution in [0.15, 0.2) is 59.4 Å². The van der Waals surface area contributed by atoms with Crippen LogP contribution in [0.4, 0.5) is 0 Å². The number of benzene rings is 2. The Morgan fingerprint density at radius 1 is 1.12 bits per heavy atom. The van der Waals surface area contributed by atoms with E-state index in [1.54, 1.807) is 17.6 Å². The highest BCUT2D eigenvalue weighted by Gasteiger charge is 2.17. The lowest BCUT2D eigenvalue weighted by Gasteiger charge is -2.14. The zero-order valence-electron chi connectivity index (χ0n) is 12.6. The SMILES string of the molecule is O[C@@H](Cn1c(-c2cscn2)nc2ccccc21)c1ccc(Cl)cc1. The molecule has 0 aliphatic rings. The Morgan fingerprint density at radius 2 is 1.92 bits per heavy atom. The number of aliphatic hydroxyl groups is 1. The highest BCUT2D eigenvalue weighted by atomic mass is 35.5. The molecule has 1 N–H and O–H groups in total. The van der Waals surface area contributed by atoms with Crippen LogP contribution in [0.3, 0.4) is 0 Å². The van der Waals surface area contributed by atoms with Crippen molar-refractivity contribution < 1.29 is 5.11 Å². The van der Waals surface area contributed by atoms with E-state index < -0.39 is 6.10 Å². The molecule has 0 saturated carbocycles. The Kier molecular flexibility index (Phi) is 4.06. The van der Waals surface area contributed by atoms with Crippen molar-refractivity contribution in [1.29, 1.82) is 0 Å². The first-order chi connectivity index (χ1) is 11.7.